The molecule has 0 bridgehead atoms. The van der Waals surface area contributed by atoms with E-state index in [1.54, 1.807) is 12.1 Å². The summed E-state index contributed by atoms with van der Waals surface area (Å²) in [6.07, 6.45) is 0.497. The summed E-state index contributed by atoms with van der Waals surface area (Å²) in [7, 11) is 1.29. The smallest absolute Gasteiger partial charge is 0.328 e. The van der Waals surface area contributed by atoms with Crippen molar-refractivity contribution in [1.29, 1.82) is 0 Å². The van der Waals surface area contributed by atoms with Crippen LogP contribution in [0.5, 0.6) is 0 Å². The molecule has 0 aromatic heterocycles. The Kier molecular flexibility index (Phi) is 6.65. The lowest BCUT2D eigenvalue weighted by atomic mass is 10.0. The lowest BCUT2D eigenvalue weighted by Gasteiger charge is -2.18. The Hall–Kier alpha value is -2.11. The van der Waals surface area contributed by atoms with Crippen LogP contribution in [0.25, 0.3) is 0 Å². The van der Waals surface area contributed by atoms with Crippen molar-refractivity contribution in [3.05, 3.63) is 35.6 Å². The zero-order chi connectivity index (χ0) is 15.8. The average molecular weight is 296 g/mol. The van der Waals surface area contributed by atoms with Crippen LogP contribution in [0.2, 0.25) is 0 Å². The molecular formula is C15H21FN2O3. The summed E-state index contributed by atoms with van der Waals surface area (Å²) < 4.78 is 17.4. The molecule has 0 unspecified atom stereocenters. The van der Waals surface area contributed by atoms with Crippen LogP contribution in [-0.2, 0) is 16.1 Å². The summed E-state index contributed by atoms with van der Waals surface area (Å²) in [5.41, 5.74) is 0.769. The van der Waals surface area contributed by atoms with Gasteiger partial charge in [0.1, 0.15) is 11.9 Å². The van der Waals surface area contributed by atoms with E-state index in [4.69, 9.17) is 0 Å². The predicted octanol–water partition coefficient (Wildman–Crippen LogP) is 2.21. The maximum absolute atomic E-state index is 12.8. The summed E-state index contributed by atoms with van der Waals surface area (Å²) in [5.74, 6) is -0.557. The minimum absolute atomic E-state index is 0.242. The van der Waals surface area contributed by atoms with Gasteiger partial charge in [-0.3, -0.25) is 0 Å². The highest BCUT2D eigenvalue weighted by atomic mass is 19.1. The number of carbonyl (C=O) groups excluding carboxylic acids is 2. The monoisotopic (exact) mass is 296 g/mol. The van der Waals surface area contributed by atoms with Gasteiger partial charge in [-0.1, -0.05) is 26.0 Å². The Morgan fingerprint density at radius 3 is 2.38 bits per heavy atom. The zero-order valence-corrected chi connectivity index (χ0v) is 12.5. The zero-order valence-electron chi connectivity index (χ0n) is 12.5. The number of esters is 1. The molecule has 0 radical (unpaired) electrons. The molecule has 116 valence electrons. The van der Waals surface area contributed by atoms with Crippen molar-refractivity contribution in [2.75, 3.05) is 7.11 Å². The van der Waals surface area contributed by atoms with Crippen LogP contribution >= 0.6 is 0 Å². The second kappa shape index (κ2) is 8.24. The van der Waals surface area contributed by atoms with Crippen LogP contribution in [0.3, 0.4) is 0 Å². The molecule has 0 spiro atoms. The fourth-order valence-electron chi connectivity index (χ4n) is 1.82. The average Bonchev–Trinajstić information content (AvgIpc) is 2.44. The Bertz CT molecular complexity index is 474. The molecule has 0 aliphatic carbocycles. The van der Waals surface area contributed by atoms with Crippen LogP contribution in [0.1, 0.15) is 25.8 Å². The summed E-state index contributed by atoms with van der Waals surface area (Å²) in [6, 6.07) is 4.68. The minimum Gasteiger partial charge on any atom is -0.467 e. The molecule has 1 aromatic carbocycles. The number of hydrogen-bond donors (Lipinski definition) is 2. The first-order valence-electron chi connectivity index (χ1n) is 6.79. The normalized spacial score (nSPS) is 11.9. The van der Waals surface area contributed by atoms with E-state index >= 15 is 0 Å². The van der Waals surface area contributed by atoms with E-state index in [0.29, 0.717) is 6.42 Å². The third-order valence-corrected chi connectivity index (χ3v) is 2.86. The maximum atomic E-state index is 12.8. The van der Waals surface area contributed by atoms with Crippen LogP contribution in [0, 0.1) is 11.7 Å². The molecule has 2 amide bonds. The predicted molar refractivity (Wildman–Crippen MR) is 77.0 cm³/mol. The van der Waals surface area contributed by atoms with Gasteiger partial charge < -0.3 is 15.4 Å². The molecule has 6 heteroatoms. The Morgan fingerprint density at radius 1 is 1.24 bits per heavy atom. The van der Waals surface area contributed by atoms with Gasteiger partial charge in [-0.2, -0.15) is 0 Å². The molecule has 1 atom stereocenters. The third-order valence-electron chi connectivity index (χ3n) is 2.86. The molecule has 0 saturated heterocycles. The van der Waals surface area contributed by atoms with E-state index in [9.17, 15) is 14.0 Å². The molecule has 0 saturated carbocycles. The first-order valence-corrected chi connectivity index (χ1v) is 6.79. The molecule has 21 heavy (non-hydrogen) atoms. The van der Waals surface area contributed by atoms with Gasteiger partial charge in [0.2, 0.25) is 0 Å². The highest BCUT2D eigenvalue weighted by molar-refractivity contribution is 5.83. The SMILES string of the molecule is COC(=O)[C@@H](CC(C)C)NC(=O)NCc1ccc(F)cc1. The molecule has 5 nitrogen and oxygen atoms in total. The molecule has 1 rings (SSSR count). The van der Waals surface area contributed by atoms with Gasteiger partial charge in [-0.25, -0.2) is 14.0 Å². The van der Waals surface area contributed by atoms with E-state index in [0.717, 1.165) is 5.56 Å². The number of hydrogen-bond acceptors (Lipinski definition) is 3. The minimum atomic E-state index is -0.678. The molecule has 0 aliphatic heterocycles. The largest absolute Gasteiger partial charge is 0.467 e. The number of ether oxygens (including phenoxy) is 1. The van der Waals surface area contributed by atoms with Gasteiger partial charge in [-0.05, 0) is 30.0 Å². The standard InChI is InChI=1S/C15H21FN2O3/c1-10(2)8-13(14(19)21-3)18-15(20)17-9-11-4-6-12(16)7-5-11/h4-7,10,13H,8-9H2,1-3H3,(H2,17,18,20)/t13-/m1/s1. The van der Waals surface area contributed by atoms with E-state index in [2.05, 4.69) is 15.4 Å². The number of amides is 2. The number of nitrogens with one attached hydrogen (secondary N) is 2. The molecule has 2 N–H and O–H groups in total. The Balaban J connectivity index is 2.49. The fourth-order valence-corrected chi connectivity index (χ4v) is 1.82. The molecule has 1 aromatic rings. The number of halogens is 1. The Labute approximate surface area is 123 Å². The van der Waals surface area contributed by atoms with Gasteiger partial charge in [-0.15, -0.1) is 0 Å². The number of carbonyl (C=O) groups is 2. The van der Waals surface area contributed by atoms with Crippen LogP contribution in [-0.4, -0.2) is 25.2 Å². The van der Waals surface area contributed by atoms with Crippen LogP contribution < -0.4 is 10.6 Å². The van der Waals surface area contributed by atoms with Crippen molar-refractivity contribution in [2.24, 2.45) is 5.92 Å². The number of benzene rings is 1. The quantitative estimate of drug-likeness (QED) is 0.791. The van der Waals surface area contributed by atoms with Gasteiger partial charge in [0.25, 0.3) is 0 Å². The maximum Gasteiger partial charge on any atom is 0.328 e. The van der Waals surface area contributed by atoms with Crippen molar-refractivity contribution in [3.8, 4) is 0 Å². The third kappa shape index (κ3) is 6.25. The lowest BCUT2D eigenvalue weighted by molar-refractivity contribution is -0.143. The molecular weight excluding hydrogens is 275 g/mol. The van der Waals surface area contributed by atoms with E-state index < -0.39 is 18.0 Å². The number of urea groups is 1. The fraction of sp³-hybridized carbons (Fsp3) is 0.467. The Morgan fingerprint density at radius 2 is 1.86 bits per heavy atom. The number of rotatable bonds is 6. The second-order valence-electron chi connectivity index (χ2n) is 5.16. The first kappa shape index (κ1) is 16.9. The lowest BCUT2D eigenvalue weighted by Crippen LogP contribution is -2.46. The summed E-state index contributed by atoms with van der Waals surface area (Å²) in [5, 5.41) is 5.20. The van der Waals surface area contributed by atoms with Crippen LogP contribution in [0.4, 0.5) is 9.18 Å². The first-order chi connectivity index (χ1) is 9.92. The van der Waals surface area contributed by atoms with Crippen LogP contribution in [0.15, 0.2) is 24.3 Å². The van der Waals surface area contributed by atoms with Crippen molar-refractivity contribution in [1.82, 2.24) is 10.6 Å². The topological polar surface area (TPSA) is 67.4 Å². The number of methoxy groups -OCH3 is 1. The van der Waals surface area contributed by atoms with Crippen molar-refractivity contribution < 1.29 is 18.7 Å². The van der Waals surface area contributed by atoms with Crippen molar-refractivity contribution >= 4 is 12.0 Å². The van der Waals surface area contributed by atoms with Crippen molar-refractivity contribution in [3.63, 3.8) is 0 Å². The van der Waals surface area contributed by atoms with Crippen molar-refractivity contribution in [2.45, 2.75) is 32.9 Å². The summed E-state index contributed by atoms with van der Waals surface area (Å²) >= 11 is 0. The van der Waals surface area contributed by atoms with E-state index in [1.807, 2.05) is 13.8 Å². The molecule has 0 aliphatic rings. The molecule has 0 fully saturated rings. The van der Waals surface area contributed by atoms with Gasteiger partial charge in [0.15, 0.2) is 0 Å². The molecule has 0 heterocycles. The van der Waals surface area contributed by atoms with E-state index in [-0.39, 0.29) is 18.3 Å². The summed E-state index contributed by atoms with van der Waals surface area (Å²) in [4.78, 5) is 23.4. The second-order valence-corrected chi connectivity index (χ2v) is 5.16. The summed E-state index contributed by atoms with van der Waals surface area (Å²) in [6.45, 7) is 4.16. The van der Waals surface area contributed by atoms with E-state index in [1.165, 1.54) is 19.2 Å². The van der Waals surface area contributed by atoms with Gasteiger partial charge in [0, 0.05) is 6.54 Å². The van der Waals surface area contributed by atoms with Gasteiger partial charge >= 0.3 is 12.0 Å². The highest BCUT2D eigenvalue weighted by Gasteiger charge is 2.22. The van der Waals surface area contributed by atoms with Gasteiger partial charge in [0.05, 0.1) is 7.11 Å². The highest BCUT2D eigenvalue weighted by Crippen LogP contribution is 2.06.